The third-order valence-corrected chi connectivity index (χ3v) is 6.47. The number of hydrogen-bond donors (Lipinski definition) is 1. The highest BCUT2D eigenvalue weighted by molar-refractivity contribution is 5.69. The van der Waals surface area contributed by atoms with Crippen molar-refractivity contribution in [1.82, 2.24) is 24.8 Å². The summed E-state index contributed by atoms with van der Waals surface area (Å²) in [6, 6.07) is 9.22. The number of nitrogens with one attached hydrogen (secondary N) is 1. The molecule has 0 aromatic carbocycles. The van der Waals surface area contributed by atoms with Gasteiger partial charge in [-0.1, -0.05) is 0 Å². The summed E-state index contributed by atoms with van der Waals surface area (Å²) < 4.78 is 24.5. The van der Waals surface area contributed by atoms with E-state index in [-0.39, 0.29) is 12.6 Å². The van der Waals surface area contributed by atoms with Crippen molar-refractivity contribution in [2.45, 2.75) is 51.6 Å². The van der Waals surface area contributed by atoms with E-state index in [9.17, 15) is 14.4 Å². The molecule has 5 rings (SSSR count). The fraction of sp³-hybridized carbons (Fsp3) is 0.429. The van der Waals surface area contributed by atoms with E-state index in [0.29, 0.717) is 72.7 Å². The number of alkyl halides is 1. The Morgan fingerprint density at radius 1 is 1.25 bits per heavy atom. The molecule has 1 N–H and O–H groups in total. The van der Waals surface area contributed by atoms with Crippen molar-refractivity contribution < 1.29 is 18.7 Å². The van der Waals surface area contributed by atoms with Gasteiger partial charge in [-0.25, -0.2) is 24.1 Å². The number of carbonyl (C=O) groups is 1. The van der Waals surface area contributed by atoms with Gasteiger partial charge in [-0.3, -0.25) is 9.88 Å². The zero-order valence-electron chi connectivity index (χ0n) is 22.7. The maximum atomic E-state index is 13.7. The number of rotatable bonds is 7. The average Bonchev–Trinajstić information content (AvgIpc) is 3.33. The van der Waals surface area contributed by atoms with Gasteiger partial charge in [0.15, 0.2) is 0 Å². The van der Waals surface area contributed by atoms with Crippen LogP contribution in [-0.2, 0) is 16.0 Å². The van der Waals surface area contributed by atoms with Gasteiger partial charge in [-0.05, 0) is 51.5 Å². The first-order valence-electron chi connectivity index (χ1n) is 13.1. The van der Waals surface area contributed by atoms with Gasteiger partial charge in [-0.2, -0.15) is 5.26 Å². The largest absolute Gasteiger partial charge is 0.444 e. The summed E-state index contributed by atoms with van der Waals surface area (Å²) in [5.74, 6) is 0.830. The first kappa shape index (κ1) is 27.2. The van der Waals surface area contributed by atoms with E-state index >= 15 is 0 Å². The lowest BCUT2D eigenvalue weighted by Gasteiger charge is -2.37. The van der Waals surface area contributed by atoms with E-state index in [2.05, 4.69) is 31.3 Å². The summed E-state index contributed by atoms with van der Waals surface area (Å²) >= 11 is 0. The summed E-state index contributed by atoms with van der Waals surface area (Å²) in [5.41, 5.74) is 2.36. The molecule has 1 atom stereocenters. The number of ether oxygens (including phenoxy) is 2. The van der Waals surface area contributed by atoms with E-state index in [1.807, 2.05) is 32.9 Å². The van der Waals surface area contributed by atoms with Crippen molar-refractivity contribution in [3.8, 4) is 17.3 Å². The number of carbonyl (C=O) groups excluding carboxylic acids is 1. The van der Waals surface area contributed by atoms with Crippen molar-refractivity contribution in [2.24, 2.45) is 0 Å². The van der Waals surface area contributed by atoms with Crippen LogP contribution in [0, 0.1) is 11.3 Å². The number of anilines is 3. The van der Waals surface area contributed by atoms with Gasteiger partial charge in [0, 0.05) is 24.5 Å². The zero-order valence-corrected chi connectivity index (χ0v) is 22.7. The van der Waals surface area contributed by atoms with Crippen molar-refractivity contribution in [2.75, 3.05) is 36.5 Å². The summed E-state index contributed by atoms with van der Waals surface area (Å²) in [6.45, 7) is 7.51. The molecular formula is C28H31FN8O3. The van der Waals surface area contributed by atoms with Crippen LogP contribution in [-0.4, -0.2) is 75.0 Å². The van der Waals surface area contributed by atoms with Gasteiger partial charge in [0.25, 0.3) is 0 Å². The van der Waals surface area contributed by atoms with Gasteiger partial charge in [0.1, 0.15) is 23.7 Å². The molecule has 11 nitrogen and oxygen atoms in total. The maximum Gasteiger partial charge on any atom is 0.411 e. The first-order chi connectivity index (χ1) is 19.2. The van der Waals surface area contributed by atoms with E-state index in [1.54, 1.807) is 40.5 Å². The van der Waals surface area contributed by atoms with Gasteiger partial charge in [0.05, 0.1) is 61.2 Å². The maximum absolute atomic E-state index is 13.7. The molecule has 3 aromatic rings. The second-order valence-corrected chi connectivity index (χ2v) is 10.8. The van der Waals surface area contributed by atoms with E-state index in [0.717, 1.165) is 0 Å². The van der Waals surface area contributed by atoms with Gasteiger partial charge >= 0.3 is 6.09 Å². The second-order valence-electron chi connectivity index (χ2n) is 10.8. The number of aromatic nitrogens is 4. The van der Waals surface area contributed by atoms with Crippen molar-refractivity contribution >= 4 is 23.5 Å². The van der Waals surface area contributed by atoms with Crippen molar-refractivity contribution in [3.05, 3.63) is 54.1 Å². The van der Waals surface area contributed by atoms with Crippen LogP contribution in [0.2, 0.25) is 0 Å². The van der Waals surface area contributed by atoms with Crippen molar-refractivity contribution in [1.29, 1.82) is 5.26 Å². The molecule has 5 heterocycles. The van der Waals surface area contributed by atoms with Crippen LogP contribution in [0.4, 0.5) is 26.6 Å². The number of nitriles is 1. The van der Waals surface area contributed by atoms with Gasteiger partial charge < -0.3 is 19.7 Å². The molecule has 2 saturated heterocycles. The fourth-order valence-corrected chi connectivity index (χ4v) is 4.38. The third kappa shape index (κ3) is 6.43. The van der Waals surface area contributed by atoms with Crippen LogP contribution in [0.1, 0.15) is 38.4 Å². The standard InChI is InChI=1S/C28H31FN8O3/c1-28(2,3)40-27(38)37(23-16-39-17-23)15-22-5-4-21(13-32-22)34-26-31-8-6-24(35-26)19-10-18(11-30)25(33-12-19)36-9-7-20(29)14-36/h4-6,8,10,12-13,20,23H,7,9,14-17H2,1-3H3,(H,31,34,35). The predicted octanol–water partition coefficient (Wildman–Crippen LogP) is 4.23. The lowest BCUT2D eigenvalue weighted by molar-refractivity contribution is -0.0734. The van der Waals surface area contributed by atoms with E-state index in [4.69, 9.17) is 9.47 Å². The molecule has 0 saturated carbocycles. The molecule has 0 aliphatic carbocycles. The van der Waals surface area contributed by atoms with Crippen LogP contribution in [0.25, 0.3) is 11.3 Å². The molecule has 3 aromatic heterocycles. The first-order valence-corrected chi connectivity index (χ1v) is 13.1. The zero-order chi connectivity index (χ0) is 28.3. The van der Waals surface area contributed by atoms with E-state index in [1.165, 1.54) is 0 Å². The van der Waals surface area contributed by atoms with Crippen LogP contribution < -0.4 is 10.2 Å². The molecule has 1 unspecified atom stereocenters. The molecule has 0 spiro atoms. The molecule has 12 heteroatoms. The topological polar surface area (TPSA) is 129 Å². The molecule has 40 heavy (non-hydrogen) atoms. The number of pyridine rings is 2. The molecule has 2 fully saturated rings. The molecule has 2 aliphatic heterocycles. The average molecular weight is 547 g/mol. The van der Waals surface area contributed by atoms with E-state index < -0.39 is 17.9 Å². The Balaban J connectivity index is 1.27. The molecule has 0 radical (unpaired) electrons. The number of amides is 1. The molecule has 0 bridgehead atoms. The van der Waals surface area contributed by atoms with Crippen LogP contribution >= 0.6 is 0 Å². The monoisotopic (exact) mass is 546 g/mol. The Kier molecular flexibility index (Phi) is 7.75. The normalized spacial score (nSPS) is 17.2. The minimum Gasteiger partial charge on any atom is -0.444 e. The van der Waals surface area contributed by atoms with Crippen molar-refractivity contribution in [3.63, 3.8) is 0 Å². The van der Waals surface area contributed by atoms with Gasteiger partial charge in [0.2, 0.25) is 5.95 Å². The summed E-state index contributed by atoms with van der Waals surface area (Å²) in [7, 11) is 0. The fourth-order valence-electron chi connectivity index (χ4n) is 4.38. The van der Waals surface area contributed by atoms with Crippen LogP contribution in [0.3, 0.4) is 0 Å². The molecular weight excluding hydrogens is 515 g/mol. The van der Waals surface area contributed by atoms with Gasteiger partial charge in [-0.15, -0.1) is 0 Å². The quantitative estimate of drug-likeness (QED) is 0.459. The minimum atomic E-state index is -0.909. The predicted molar refractivity (Wildman–Crippen MR) is 146 cm³/mol. The summed E-state index contributed by atoms with van der Waals surface area (Å²) in [6.07, 6.45) is 4.02. The number of halogens is 1. The Morgan fingerprint density at radius 3 is 2.70 bits per heavy atom. The summed E-state index contributed by atoms with van der Waals surface area (Å²) in [4.78, 5) is 34.0. The second kappa shape index (κ2) is 11.4. The lowest BCUT2D eigenvalue weighted by atomic mass is 10.1. The number of nitrogens with zero attached hydrogens (tertiary/aromatic N) is 7. The lowest BCUT2D eigenvalue weighted by Crippen LogP contribution is -2.52. The van der Waals surface area contributed by atoms with Crippen LogP contribution in [0.15, 0.2) is 42.9 Å². The molecule has 208 valence electrons. The third-order valence-electron chi connectivity index (χ3n) is 6.47. The SMILES string of the molecule is CC(C)(C)OC(=O)N(Cc1ccc(Nc2nccc(-c3cnc(N4CCC(F)C4)c(C#N)c3)n2)cn1)C1COC1. The Labute approximate surface area is 232 Å². The molecule has 2 aliphatic rings. The van der Waals surface area contributed by atoms with Crippen LogP contribution in [0.5, 0.6) is 0 Å². The molecule has 1 amide bonds. The highest BCUT2D eigenvalue weighted by Gasteiger charge is 2.33. The Morgan fingerprint density at radius 2 is 2.08 bits per heavy atom. The Bertz CT molecular complexity index is 1400. The minimum absolute atomic E-state index is 0.0494. The summed E-state index contributed by atoms with van der Waals surface area (Å²) in [5, 5.41) is 12.8. The number of hydrogen-bond acceptors (Lipinski definition) is 10. The highest BCUT2D eigenvalue weighted by Crippen LogP contribution is 2.28. The Hall–Kier alpha value is -4.37. The smallest absolute Gasteiger partial charge is 0.411 e. The highest BCUT2D eigenvalue weighted by atomic mass is 19.1.